The fraction of sp³-hybridized carbons (Fsp3) is 0.400. The van der Waals surface area contributed by atoms with E-state index in [0.29, 0.717) is 13.2 Å². The van der Waals surface area contributed by atoms with Crippen LogP contribution in [-0.4, -0.2) is 25.2 Å². The Morgan fingerprint density at radius 1 is 1.15 bits per heavy atom. The van der Waals surface area contributed by atoms with E-state index in [1.165, 1.54) is 0 Å². The lowest BCUT2D eigenvalue weighted by atomic mass is 10.2. The van der Waals surface area contributed by atoms with Gasteiger partial charge in [0, 0.05) is 17.5 Å². The molecule has 0 saturated heterocycles. The summed E-state index contributed by atoms with van der Waals surface area (Å²) in [4.78, 5) is 4.61. The normalized spacial score (nSPS) is 10.6. The highest BCUT2D eigenvalue weighted by Gasteiger charge is 2.10. The zero-order valence-electron chi connectivity index (χ0n) is 12.1. The molecular formula is C15H20N2O2S. The molecule has 0 fully saturated rings. The lowest BCUT2D eigenvalue weighted by Crippen LogP contribution is -2.04. The van der Waals surface area contributed by atoms with Gasteiger partial charge in [0.25, 0.3) is 0 Å². The number of nitrogens with one attached hydrogen (secondary N) is 1. The van der Waals surface area contributed by atoms with E-state index < -0.39 is 0 Å². The van der Waals surface area contributed by atoms with Crippen LogP contribution in [0.15, 0.2) is 23.6 Å². The number of benzene rings is 1. The van der Waals surface area contributed by atoms with Crippen LogP contribution in [0, 0.1) is 0 Å². The van der Waals surface area contributed by atoms with Crippen LogP contribution < -0.4 is 14.8 Å². The summed E-state index contributed by atoms with van der Waals surface area (Å²) in [5.74, 6) is 1.56. The number of aromatic nitrogens is 1. The second kappa shape index (κ2) is 7.26. The highest BCUT2D eigenvalue weighted by Crippen LogP contribution is 2.34. The van der Waals surface area contributed by atoms with E-state index in [1.807, 2.05) is 39.1 Å². The number of hydrogen-bond donors (Lipinski definition) is 1. The van der Waals surface area contributed by atoms with Gasteiger partial charge in [-0.05, 0) is 39.1 Å². The van der Waals surface area contributed by atoms with Crippen molar-refractivity contribution in [3.8, 4) is 22.1 Å². The fourth-order valence-corrected chi connectivity index (χ4v) is 2.70. The molecule has 20 heavy (non-hydrogen) atoms. The van der Waals surface area contributed by atoms with Crippen molar-refractivity contribution in [1.82, 2.24) is 10.3 Å². The zero-order valence-corrected chi connectivity index (χ0v) is 12.9. The highest BCUT2D eigenvalue weighted by molar-refractivity contribution is 7.13. The molecule has 4 nitrogen and oxygen atoms in total. The van der Waals surface area contributed by atoms with Crippen LogP contribution in [0.3, 0.4) is 0 Å². The third-order valence-corrected chi connectivity index (χ3v) is 3.64. The number of rotatable bonds is 7. The number of nitrogens with zero attached hydrogens (tertiary/aromatic N) is 1. The van der Waals surface area contributed by atoms with Crippen LogP contribution in [0.1, 0.15) is 19.5 Å². The monoisotopic (exact) mass is 292 g/mol. The van der Waals surface area contributed by atoms with Gasteiger partial charge in [0.1, 0.15) is 5.01 Å². The summed E-state index contributed by atoms with van der Waals surface area (Å²) < 4.78 is 11.2. The van der Waals surface area contributed by atoms with Gasteiger partial charge < -0.3 is 14.8 Å². The lowest BCUT2D eigenvalue weighted by molar-refractivity contribution is 0.288. The molecule has 0 atom stereocenters. The molecular weight excluding hydrogens is 272 g/mol. The first-order valence-electron chi connectivity index (χ1n) is 6.77. The van der Waals surface area contributed by atoms with Crippen LogP contribution in [0.5, 0.6) is 11.5 Å². The summed E-state index contributed by atoms with van der Waals surface area (Å²) in [6.45, 7) is 5.96. The van der Waals surface area contributed by atoms with E-state index in [9.17, 15) is 0 Å². The van der Waals surface area contributed by atoms with E-state index in [4.69, 9.17) is 9.47 Å². The third-order valence-electron chi connectivity index (χ3n) is 2.70. The van der Waals surface area contributed by atoms with Crippen LogP contribution in [0.4, 0.5) is 0 Å². The summed E-state index contributed by atoms with van der Waals surface area (Å²) in [5.41, 5.74) is 2.11. The van der Waals surface area contributed by atoms with Gasteiger partial charge in [0.15, 0.2) is 11.5 Å². The fourth-order valence-electron chi connectivity index (χ4n) is 1.89. The van der Waals surface area contributed by atoms with Gasteiger partial charge in [0.05, 0.1) is 18.9 Å². The number of hydrogen-bond acceptors (Lipinski definition) is 5. The average Bonchev–Trinajstić information content (AvgIpc) is 2.90. The van der Waals surface area contributed by atoms with Crippen LogP contribution in [-0.2, 0) is 6.54 Å². The van der Waals surface area contributed by atoms with Crippen LogP contribution in [0.2, 0.25) is 0 Å². The zero-order chi connectivity index (χ0) is 14.4. The molecule has 2 aromatic rings. The van der Waals surface area contributed by atoms with Crippen molar-refractivity contribution in [2.75, 3.05) is 20.3 Å². The van der Waals surface area contributed by atoms with Gasteiger partial charge in [-0.25, -0.2) is 4.98 Å². The van der Waals surface area contributed by atoms with Crippen molar-refractivity contribution in [1.29, 1.82) is 0 Å². The Hall–Kier alpha value is -1.59. The van der Waals surface area contributed by atoms with Gasteiger partial charge in [0.2, 0.25) is 0 Å². The summed E-state index contributed by atoms with van der Waals surface area (Å²) >= 11 is 1.64. The standard InChI is InChI=1S/C15H20N2O2S/c1-4-18-13-7-6-11(8-14(13)19-5-2)15-17-12(9-16-3)10-20-15/h6-8,10,16H,4-5,9H2,1-3H3. The summed E-state index contributed by atoms with van der Waals surface area (Å²) in [6, 6.07) is 5.97. The van der Waals surface area contributed by atoms with Gasteiger partial charge >= 0.3 is 0 Å². The van der Waals surface area contributed by atoms with Crippen molar-refractivity contribution in [2.45, 2.75) is 20.4 Å². The Kier molecular flexibility index (Phi) is 5.38. The molecule has 1 heterocycles. The van der Waals surface area contributed by atoms with Crippen molar-refractivity contribution >= 4 is 11.3 Å². The molecule has 108 valence electrons. The molecule has 0 aliphatic rings. The van der Waals surface area contributed by atoms with Gasteiger partial charge in [-0.3, -0.25) is 0 Å². The first-order chi connectivity index (χ1) is 9.78. The van der Waals surface area contributed by atoms with E-state index in [1.54, 1.807) is 11.3 Å². The maximum Gasteiger partial charge on any atom is 0.161 e. The molecule has 0 amide bonds. The first kappa shape index (κ1) is 14.8. The molecule has 0 unspecified atom stereocenters. The molecule has 0 aliphatic heterocycles. The lowest BCUT2D eigenvalue weighted by Gasteiger charge is -2.11. The Balaban J connectivity index is 2.28. The van der Waals surface area contributed by atoms with Gasteiger partial charge in [-0.1, -0.05) is 0 Å². The van der Waals surface area contributed by atoms with Crippen molar-refractivity contribution in [3.05, 3.63) is 29.3 Å². The summed E-state index contributed by atoms with van der Waals surface area (Å²) in [6.07, 6.45) is 0. The number of thiazole rings is 1. The Morgan fingerprint density at radius 3 is 2.60 bits per heavy atom. The quantitative estimate of drug-likeness (QED) is 0.850. The van der Waals surface area contributed by atoms with Crippen molar-refractivity contribution in [2.24, 2.45) is 0 Å². The summed E-state index contributed by atoms with van der Waals surface area (Å²) in [7, 11) is 1.92. The van der Waals surface area contributed by atoms with Crippen LogP contribution in [0.25, 0.3) is 10.6 Å². The van der Waals surface area contributed by atoms with E-state index >= 15 is 0 Å². The van der Waals surface area contributed by atoms with Gasteiger partial charge in [-0.15, -0.1) is 11.3 Å². The molecule has 1 aromatic carbocycles. The second-order valence-electron chi connectivity index (χ2n) is 4.20. The first-order valence-corrected chi connectivity index (χ1v) is 7.65. The SMILES string of the molecule is CCOc1ccc(-c2nc(CNC)cs2)cc1OCC. The van der Waals surface area contributed by atoms with E-state index in [0.717, 1.165) is 34.3 Å². The molecule has 0 bridgehead atoms. The van der Waals surface area contributed by atoms with E-state index in [2.05, 4.69) is 15.7 Å². The molecule has 0 spiro atoms. The van der Waals surface area contributed by atoms with Crippen LogP contribution >= 0.6 is 11.3 Å². The third kappa shape index (κ3) is 3.49. The summed E-state index contributed by atoms with van der Waals surface area (Å²) in [5, 5.41) is 6.18. The Labute approximate surface area is 123 Å². The number of ether oxygens (including phenoxy) is 2. The Bertz CT molecular complexity index is 555. The molecule has 5 heteroatoms. The molecule has 0 radical (unpaired) electrons. The smallest absolute Gasteiger partial charge is 0.161 e. The topological polar surface area (TPSA) is 43.4 Å². The predicted molar refractivity (Wildman–Crippen MR) is 82.7 cm³/mol. The highest BCUT2D eigenvalue weighted by atomic mass is 32.1. The maximum atomic E-state index is 5.65. The van der Waals surface area contributed by atoms with Crippen molar-refractivity contribution in [3.63, 3.8) is 0 Å². The molecule has 0 aliphatic carbocycles. The second-order valence-corrected chi connectivity index (χ2v) is 5.06. The molecule has 1 N–H and O–H groups in total. The van der Waals surface area contributed by atoms with Crippen molar-refractivity contribution < 1.29 is 9.47 Å². The largest absolute Gasteiger partial charge is 0.490 e. The predicted octanol–water partition coefficient (Wildman–Crippen LogP) is 3.33. The molecule has 1 aromatic heterocycles. The van der Waals surface area contributed by atoms with E-state index in [-0.39, 0.29) is 0 Å². The maximum absolute atomic E-state index is 5.65. The average molecular weight is 292 g/mol. The minimum absolute atomic E-state index is 0.617. The Morgan fingerprint density at radius 2 is 1.90 bits per heavy atom. The van der Waals surface area contributed by atoms with Gasteiger partial charge in [-0.2, -0.15) is 0 Å². The minimum Gasteiger partial charge on any atom is -0.490 e. The molecule has 2 rings (SSSR count). The minimum atomic E-state index is 0.617. The molecule has 0 saturated carbocycles.